The van der Waals surface area contributed by atoms with E-state index in [1.807, 2.05) is 0 Å². The largest absolute Gasteiger partial charge is 0.493 e. The van der Waals surface area contributed by atoms with Crippen LogP contribution in [0.2, 0.25) is 5.02 Å². The summed E-state index contributed by atoms with van der Waals surface area (Å²) >= 11 is 6.04. The van der Waals surface area contributed by atoms with Crippen molar-refractivity contribution in [3.05, 3.63) is 81.9 Å². The molecular weight excluding hydrogens is 436 g/mol. The highest BCUT2D eigenvalue weighted by Crippen LogP contribution is 2.37. The summed E-state index contributed by atoms with van der Waals surface area (Å²) in [6.07, 6.45) is 4.05. The number of carbonyl (C=O) groups excluding carboxylic acids is 1. The molecule has 2 heterocycles. The molecule has 2 aromatic heterocycles. The first-order valence-electron chi connectivity index (χ1n) is 9.42. The average molecular weight is 453 g/mol. The van der Waals surface area contributed by atoms with Gasteiger partial charge in [-0.25, -0.2) is 4.79 Å². The average Bonchev–Trinajstić information content (AvgIpc) is 3.33. The molecule has 0 unspecified atom stereocenters. The quantitative estimate of drug-likeness (QED) is 0.288. The van der Waals surface area contributed by atoms with Crippen molar-refractivity contribution in [2.75, 3.05) is 14.2 Å². The molecule has 0 saturated heterocycles. The lowest BCUT2D eigenvalue weighted by Gasteiger charge is -2.12. The van der Waals surface area contributed by atoms with Crippen LogP contribution in [-0.2, 0) is 4.79 Å². The minimum absolute atomic E-state index is 0.0607. The van der Waals surface area contributed by atoms with E-state index in [1.54, 1.807) is 42.5 Å². The Morgan fingerprint density at radius 3 is 2.56 bits per heavy atom. The first-order chi connectivity index (χ1) is 15.5. The molecule has 162 valence electrons. The van der Waals surface area contributed by atoms with Crippen molar-refractivity contribution in [1.82, 2.24) is 0 Å². The zero-order valence-corrected chi connectivity index (χ0v) is 17.8. The summed E-state index contributed by atoms with van der Waals surface area (Å²) in [4.78, 5) is 25.7. The lowest BCUT2D eigenvalue weighted by atomic mass is 10.1. The Morgan fingerprint density at radius 2 is 1.84 bits per heavy atom. The number of esters is 1. The molecule has 0 aliphatic rings. The maximum absolute atomic E-state index is 13.2. The fraction of sp³-hybridized carbons (Fsp3) is 0.0833. The zero-order valence-electron chi connectivity index (χ0n) is 17.1. The fourth-order valence-electron chi connectivity index (χ4n) is 3.08. The van der Waals surface area contributed by atoms with Crippen molar-refractivity contribution in [1.29, 1.82) is 0 Å². The predicted octanol–water partition coefficient (Wildman–Crippen LogP) is 5.34. The van der Waals surface area contributed by atoms with Crippen LogP contribution in [0.15, 0.2) is 74.5 Å². The second kappa shape index (κ2) is 9.03. The highest BCUT2D eigenvalue weighted by Gasteiger charge is 2.21. The van der Waals surface area contributed by atoms with Gasteiger partial charge in [0.15, 0.2) is 17.3 Å². The van der Waals surface area contributed by atoms with E-state index in [-0.39, 0.29) is 22.5 Å². The summed E-state index contributed by atoms with van der Waals surface area (Å²) in [7, 11) is 3.00. The molecule has 0 N–H and O–H groups in total. The van der Waals surface area contributed by atoms with Gasteiger partial charge in [-0.05, 0) is 54.6 Å². The third-order valence-corrected chi connectivity index (χ3v) is 4.82. The smallest absolute Gasteiger partial charge is 0.336 e. The molecule has 0 radical (unpaired) electrons. The van der Waals surface area contributed by atoms with Gasteiger partial charge in [0, 0.05) is 16.7 Å². The number of ether oxygens (including phenoxy) is 3. The fourth-order valence-corrected chi connectivity index (χ4v) is 3.25. The van der Waals surface area contributed by atoms with Gasteiger partial charge in [0.1, 0.15) is 11.3 Å². The predicted molar refractivity (Wildman–Crippen MR) is 119 cm³/mol. The Hall–Kier alpha value is -3.97. The monoisotopic (exact) mass is 452 g/mol. The molecule has 0 bridgehead atoms. The van der Waals surface area contributed by atoms with E-state index >= 15 is 0 Å². The van der Waals surface area contributed by atoms with Gasteiger partial charge < -0.3 is 23.0 Å². The van der Waals surface area contributed by atoms with Gasteiger partial charge in [0.2, 0.25) is 11.2 Å². The number of hydrogen-bond donors (Lipinski definition) is 0. The number of furan rings is 1. The van der Waals surface area contributed by atoms with Gasteiger partial charge in [-0.15, -0.1) is 0 Å². The topological polar surface area (TPSA) is 88.1 Å². The van der Waals surface area contributed by atoms with Crippen molar-refractivity contribution in [2.45, 2.75) is 0 Å². The van der Waals surface area contributed by atoms with Crippen LogP contribution in [0.25, 0.3) is 28.4 Å². The van der Waals surface area contributed by atoms with Gasteiger partial charge in [-0.2, -0.15) is 0 Å². The van der Waals surface area contributed by atoms with Crippen LogP contribution >= 0.6 is 11.6 Å². The van der Waals surface area contributed by atoms with E-state index in [9.17, 15) is 9.59 Å². The minimum Gasteiger partial charge on any atom is -0.493 e. The Balaban J connectivity index is 1.85. The molecule has 32 heavy (non-hydrogen) atoms. The number of rotatable bonds is 6. The van der Waals surface area contributed by atoms with Gasteiger partial charge in [0.25, 0.3) is 0 Å². The van der Waals surface area contributed by atoms with Gasteiger partial charge in [0.05, 0.1) is 25.9 Å². The molecule has 4 aromatic rings. The van der Waals surface area contributed by atoms with E-state index in [2.05, 4.69) is 0 Å². The second-order valence-corrected chi connectivity index (χ2v) is 7.01. The maximum Gasteiger partial charge on any atom is 0.336 e. The van der Waals surface area contributed by atoms with Crippen LogP contribution in [0, 0.1) is 0 Å². The summed E-state index contributed by atoms with van der Waals surface area (Å²) in [5, 5.41) is 0.526. The van der Waals surface area contributed by atoms with Crippen LogP contribution in [0.1, 0.15) is 5.76 Å². The van der Waals surface area contributed by atoms with Crippen LogP contribution < -0.4 is 19.6 Å². The highest BCUT2D eigenvalue weighted by molar-refractivity contribution is 6.31. The number of hydrogen-bond acceptors (Lipinski definition) is 7. The maximum atomic E-state index is 13.2. The van der Waals surface area contributed by atoms with Crippen molar-refractivity contribution >= 4 is 34.6 Å². The molecule has 7 nitrogen and oxygen atoms in total. The molecule has 0 aliphatic heterocycles. The summed E-state index contributed by atoms with van der Waals surface area (Å²) in [6.45, 7) is 0. The molecular formula is C24H17ClO7. The number of fused-ring (bicyclic) bond motifs is 1. The van der Waals surface area contributed by atoms with E-state index in [0.29, 0.717) is 27.8 Å². The molecule has 0 spiro atoms. The van der Waals surface area contributed by atoms with E-state index in [0.717, 1.165) is 6.08 Å². The Kier molecular flexibility index (Phi) is 6.00. The van der Waals surface area contributed by atoms with Crippen LogP contribution in [0.3, 0.4) is 0 Å². The number of methoxy groups -OCH3 is 2. The molecule has 8 heteroatoms. The van der Waals surface area contributed by atoms with E-state index in [4.69, 9.17) is 34.6 Å². The second-order valence-electron chi connectivity index (χ2n) is 6.57. The van der Waals surface area contributed by atoms with Crippen LogP contribution in [-0.4, -0.2) is 20.2 Å². The normalized spacial score (nSPS) is 11.1. The molecule has 2 aromatic carbocycles. The number of carbonyl (C=O) groups is 1. The van der Waals surface area contributed by atoms with Crippen molar-refractivity contribution in [2.24, 2.45) is 0 Å². The lowest BCUT2D eigenvalue weighted by Crippen LogP contribution is -2.14. The minimum atomic E-state index is -0.781. The Morgan fingerprint density at radius 1 is 1.03 bits per heavy atom. The van der Waals surface area contributed by atoms with Crippen molar-refractivity contribution < 1.29 is 27.8 Å². The molecule has 4 rings (SSSR count). The van der Waals surface area contributed by atoms with Crippen molar-refractivity contribution in [3.8, 4) is 28.6 Å². The van der Waals surface area contributed by atoms with Gasteiger partial charge >= 0.3 is 5.97 Å². The van der Waals surface area contributed by atoms with E-state index in [1.165, 1.54) is 32.6 Å². The first-order valence-corrected chi connectivity index (χ1v) is 9.80. The Labute approximate surface area is 187 Å². The van der Waals surface area contributed by atoms with Gasteiger partial charge in [-0.3, -0.25) is 4.79 Å². The summed E-state index contributed by atoms with van der Waals surface area (Å²) in [5.41, 5.74) is 0.197. The van der Waals surface area contributed by atoms with Crippen LogP contribution in [0.4, 0.5) is 0 Å². The van der Waals surface area contributed by atoms with E-state index < -0.39 is 11.4 Å². The zero-order chi connectivity index (χ0) is 22.7. The highest BCUT2D eigenvalue weighted by atomic mass is 35.5. The van der Waals surface area contributed by atoms with Crippen LogP contribution in [0.5, 0.6) is 17.2 Å². The first kappa shape index (κ1) is 21.3. The number of benzene rings is 2. The SMILES string of the molecule is COc1ccc(-c2oc3ccc(Cl)cc3c(=O)c2OC(=O)/C=C/c2ccco2)cc1OC. The Bertz CT molecular complexity index is 1370. The molecule has 0 saturated carbocycles. The molecule has 0 aliphatic carbocycles. The molecule has 0 fully saturated rings. The lowest BCUT2D eigenvalue weighted by molar-refractivity contribution is -0.129. The third kappa shape index (κ3) is 4.24. The number of halogens is 1. The summed E-state index contributed by atoms with van der Waals surface area (Å²) in [5.74, 6) is 0.368. The third-order valence-electron chi connectivity index (χ3n) is 4.59. The van der Waals surface area contributed by atoms with Crippen molar-refractivity contribution in [3.63, 3.8) is 0 Å². The summed E-state index contributed by atoms with van der Waals surface area (Å²) < 4.78 is 27.1. The van der Waals surface area contributed by atoms with Gasteiger partial charge in [-0.1, -0.05) is 11.6 Å². The molecule has 0 atom stereocenters. The summed E-state index contributed by atoms with van der Waals surface area (Å²) in [6, 6.07) is 12.9. The molecule has 0 amide bonds. The standard InChI is InChI=1S/C24H17ClO7/c1-28-19-8-5-14(12-20(19)29-2)23-24(32-21(26)10-7-16-4-3-11-30-16)22(27)17-13-15(25)6-9-18(17)31-23/h3-13H,1-2H3/b10-7+.